The molecule has 82 valence electrons. The van der Waals surface area contributed by atoms with Crippen LogP contribution in [-0.4, -0.2) is 26.1 Å². The molecule has 3 nitrogen and oxygen atoms in total. The molecule has 14 heavy (non-hydrogen) atoms. The third kappa shape index (κ3) is 2.23. The summed E-state index contributed by atoms with van der Waals surface area (Å²) in [7, 11) is -3.12. The van der Waals surface area contributed by atoms with Gasteiger partial charge in [0.2, 0.25) is 10.0 Å². The molecule has 0 aromatic rings. The monoisotopic (exact) mass is 237 g/mol. The van der Waals surface area contributed by atoms with Crippen molar-refractivity contribution in [1.82, 2.24) is 4.72 Å². The molecule has 2 saturated carbocycles. The van der Waals surface area contributed by atoms with Gasteiger partial charge in [0.05, 0.1) is 5.75 Å². The maximum atomic E-state index is 11.5. The Morgan fingerprint density at radius 1 is 1.29 bits per heavy atom. The molecule has 2 fully saturated rings. The lowest BCUT2D eigenvalue weighted by Gasteiger charge is -2.22. The highest BCUT2D eigenvalue weighted by atomic mass is 35.5. The van der Waals surface area contributed by atoms with Crippen molar-refractivity contribution in [3.8, 4) is 0 Å². The Morgan fingerprint density at radius 2 is 2.07 bits per heavy atom. The van der Waals surface area contributed by atoms with Gasteiger partial charge >= 0.3 is 0 Å². The summed E-state index contributed by atoms with van der Waals surface area (Å²) < 4.78 is 25.7. The van der Waals surface area contributed by atoms with Gasteiger partial charge in [0.15, 0.2) is 0 Å². The molecule has 0 aromatic carbocycles. The first-order valence-corrected chi connectivity index (χ1v) is 7.35. The third-order valence-electron chi connectivity index (χ3n) is 3.41. The van der Waals surface area contributed by atoms with Crippen molar-refractivity contribution in [2.75, 3.05) is 11.6 Å². The van der Waals surface area contributed by atoms with Gasteiger partial charge in [-0.15, -0.1) is 11.6 Å². The molecular formula is C9H16ClNO2S. The van der Waals surface area contributed by atoms with Crippen LogP contribution in [0, 0.1) is 11.8 Å². The topological polar surface area (TPSA) is 46.2 Å². The Kier molecular flexibility index (Phi) is 3.05. The number of sulfonamides is 1. The zero-order valence-electron chi connectivity index (χ0n) is 8.08. The average Bonchev–Trinajstić information content (AvgIpc) is 2.63. The summed E-state index contributed by atoms with van der Waals surface area (Å²) in [4.78, 5) is 0. The van der Waals surface area contributed by atoms with E-state index in [1.165, 1.54) is 19.3 Å². The number of hydrogen-bond donors (Lipinski definition) is 1. The van der Waals surface area contributed by atoms with E-state index in [0.717, 1.165) is 12.3 Å². The molecule has 0 aliphatic heterocycles. The lowest BCUT2D eigenvalue weighted by molar-refractivity contribution is 0.390. The standard InChI is InChI=1S/C9H16ClNO2S/c10-3-4-14(12,13)11-9-6-7-1-2-8(9)5-7/h7-9,11H,1-6H2. The van der Waals surface area contributed by atoms with E-state index in [4.69, 9.17) is 11.6 Å². The highest BCUT2D eigenvalue weighted by Crippen LogP contribution is 2.44. The normalized spacial score (nSPS) is 36.5. The quantitative estimate of drug-likeness (QED) is 0.750. The van der Waals surface area contributed by atoms with Gasteiger partial charge in [-0.3, -0.25) is 0 Å². The van der Waals surface area contributed by atoms with E-state index in [-0.39, 0.29) is 17.7 Å². The molecule has 0 radical (unpaired) electrons. The Hall–Kier alpha value is 0.200. The molecule has 0 heterocycles. The number of alkyl halides is 1. The number of fused-ring (bicyclic) bond motifs is 2. The smallest absolute Gasteiger partial charge is 0.212 e. The van der Waals surface area contributed by atoms with Crippen molar-refractivity contribution < 1.29 is 8.42 Å². The first-order valence-electron chi connectivity index (χ1n) is 5.16. The van der Waals surface area contributed by atoms with Gasteiger partial charge in [-0.25, -0.2) is 13.1 Å². The summed E-state index contributed by atoms with van der Waals surface area (Å²) in [5.41, 5.74) is 0. The minimum atomic E-state index is -3.12. The lowest BCUT2D eigenvalue weighted by atomic mass is 9.96. The second kappa shape index (κ2) is 3.99. The largest absolute Gasteiger partial charge is 0.213 e. The fourth-order valence-electron chi connectivity index (χ4n) is 2.78. The molecular weight excluding hydrogens is 222 g/mol. The van der Waals surface area contributed by atoms with Gasteiger partial charge in [0, 0.05) is 11.9 Å². The van der Waals surface area contributed by atoms with Gasteiger partial charge in [-0.1, -0.05) is 6.42 Å². The van der Waals surface area contributed by atoms with Gasteiger partial charge in [-0.05, 0) is 31.1 Å². The van der Waals surface area contributed by atoms with E-state index in [1.54, 1.807) is 0 Å². The molecule has 2 aliphatic rings. The SMILES string of the molecule is O=S(=O)(CCCl)NC1CC2CCC1C2. The van der Waals surface area contributed by atoms with Crippen molar-refractivity contribution in [2.24, 2.45) is 11.8 Å². The summed E-state index contributed by atoms with van der Waals surface area (Å²) in [5, 5.41) is 0. The molecule has 5 heteroatoms. The lowest BCUT2D eigenvalue weighted by Crippen LogP contribution is -2.39. The molecule has 2 rings (SSSR count). The number of halogens is 1. The van der Waals surface area contributed by atoms with Crippen LogP contribution in [0.1, 0.15) is 25.7 Å². The maximum absolute atomic E-state index is 11.5. The minimum absolute atomic E-state index is 0.0441. The van der Waals surface area contributed by atoms with Crippen molar-refractivity contribution in [1.29, 1.82) is 0 Å². The predicted octanol–water partition coefficient (Wildman–Crippen LogP) is 1.33. The first kappa shape index (κ1) is 10.7. The van der Waals surface area contributed by atoms with E-state index in [2.05, 4.69) is 4.72 Å². The average molecular weight is 238 g/mol. The molecule has 0 aromatic heterocycles. The van der Waals surface area contributed by atoms with Crippen LogP contribution in [0.15, 0.2) is 0 Å². The highest BCUT2D eigenvalue weighted by Gasteiger charge is 2.40. The minimum Gasteiger partial charge on any atom is -0.212 e. The molecule has 3 unspecified atom stereocenters. The Morgan fingerprint density at radius 3 is 2.57 bits per heavy atom. The molecule has 3 atom stereocenters. The van der Waals surface area contributed by atoms with Crippen molar-refractivity contribution >= 4 is 21.6 Å². The third-order valence-corrected chi connectivity index (χ3v) is 5.23. The number of hydrogen-bond acceptors (Lipinski definition) is 2. The zero-order chi connectivity index (χ0) is 10.2. The van der Waals surface area contributed by atoms with Crippen LogP contribution >= 0.6 is 11.6 Å². The van der Waals surface area contributed by atoms with Crippen LogP contribution in [-0.2, 0) is 10.0 Å². The number of nitrogens with one attached hydrogen (secondary N) is 1. The van der Waals surface area contributed by atoms with Crippen molar-refractivity contribution in [3.05, 3.63) is 0 Å². The van der Waals surface area contributed by atoms with E-state index < -0.39 is 10.0 Å². The van der Waals surface area contributed by atoms with E-state index >= 15 is 0 Å². The molecule has 0 saturated heterocycles. The van der Waals surface area contributed by atoms with Crippen molar-refractivity contribution in [3.63, 3.8) is 0 Å². The second-order valence-electron chi connectivity index (χ2n) is 4.41. The van der Waals surface area contributed by atoms with Crippen LogP contribution in [0.4, 0.5) is 0 Å². The molecule has 2 bridgehead atoms. The van der Waals surface area contributed by atoms with Gasteiger partial charge < -0.3 is 0 Å². The summed E-state index contributed by atoms with van der Waals surface area (Å²) in [6, 6.07) is 0.196. The molecule has 2 aliphatic carbocycles. The highest BCUT2D eigenvalue weighted by molar-refractivity contribution is 7.89. The van der Waals surface area contributed by atoms with Crippen LogP contribution in [0.3, 0.4) is 0 Å². The Labute approximate surface area is 90.3 Å². The van der Waals surface area contributed by atoms with Gasteiger partial charge in [0.25, 0.3) is 0 Å². The van der Waals surface area contributed by atoms with E-state index in [1.807, 2.05) is 0 Å². The molecule has 0 spiro atoms. The fourth-order valence-corrected chi connectivity index (χ4v) is 4.46. The summed E-state index contributed by atoms with van der Waals surface area (Å²) in [6.07, 6.45) is 4.73. The van der Waals surface area contributed by atoms with Crippen LogP contribution in [0.25, 0.3) is 0 Å². The summed E-state index contributed by atoms with van der Waals surface area (Å²) in [6.45, 7) is 0. The van der Waals surface area contributed by atoms with Crippen LogP contribution < -0.4 is 4.72 Å². The predicted molar refractivity (Wildman–Crippen MR) is 56.9 cm³/mol. The van der Waals surface area contributed by atoms with Gasteiger partial charge in [0.1, 0.15) is 0 Å². The molecule has 0 amide bonds. The second-order valence-corrected chi connectivity index (χ2v) is 6.66. The zero-order valence-corrected chi connectivity index (χ0v) is 9.65. The first-order chi connectivity index (χ1) is 6.61. The van der Waals surface area contributed by atoms with Crippen LogP contribution in [0.2, 0.25) is 0 Å². The maximum Gasteiger partial charge on any atom is 0.213 e. The molecule has 1 N–H and O–H groups in total. The number of rotatable bonds is 4. The summed E-state index contributed by atoms with van der Waals surface area (Å²) in [5.74, 6) is 1.58. The van der Waals surface area contributed by atoms with E-state index in [9.17, 15) is 8.42 Å². The fraction of sp³-hybridized carbons (Fsp3) is 1.00. The van der Waals surface area contributed by atoms with Gasteiger partial charge in [-0.2, -0.15) is 0 Å². The van der Waals surface area contributed by atoms with E-state index in [0.29, 0.717) is 5.92 Å². The van der Waals surface area contributed by atoms with Crippen LogP contribution in [0.5, 0.6) is 0 Å². The van der Waals surface area contributed by atoms with Crippen molar-refractivity contribution in [2.45, 2.75) is 31.7 Å². The Bertz CT molecular complexity index is 304. The Balaban J connectivity index is 1.92. The summed E-state index contributed by atoms with van der Waals surface area (Å²) >= 11 is 5.43.